The van der Waals surface area contributed by atoms with E-state index >= 15 is 0 Å². The Morgan fingerprint density at radius 1 is 1.58 bits per heavy atom. The summed E-state index contributed by atoms with van der Waals surface area (Å²) in [6.07, 6.45) is 1.56. The molecule has 0 aromatic heterocycles. The molecule has 1 rings (SSSR count). The van der Waals surface area contributed by atoms with E-state index in [0.29, 0.717) is 24.9 Å². The van der Waals surface area contributed by atoms with Gasteiger partial charge in [-0.25, -0.2) is 0 Å². The second kappa shape index (κ2) is 11.5. The van der Waals surface area contributed by atoms with Gasteiger partial charge in [-0.1, -0.05) is 13.0 Å². The number of rotatable bonds is 11. The Bertz CT molecular complexity index is 659. The number of hydrogen-bond donors (Lipinski definition) is 1. The van der Waals surface area contributed by atoms with Crippen molar-refractivity contribution >= 4 is 26.4 Å². The van der Waals surface area contributed by atoms with Crippen LogP contribution in [0.4, 0.5) is 5.69 Å². The van der Waals surface area contributed by atoms with Crippen LogP contribution in [0.2, 0.25) is 0 Å². The Balaban J connectivity index is 2.84. The van der Waals surface area contributed by atoms with Gasteiger partial charge in [0.05, 0.1) is 16.6 Å². The number of nitrogens with one attached hydrogen (secondary N) is 1. The highest BCUT2D eigenvalue weighted by atomic mass is 31.2. The summed E-state index contributed by atoms with van der Waals surface area (Å²) < 4.78 is 18.1. The van der Waals surface area contributed by atoms with Crippen LogP contribution in [0.1, 0.15) is 52.2 Å². The molecule has 0 aliphatic heterocycles. The van der Waals surface area contributed by atoms with Crippen LogP contribution >= 0.6 is 8.38 Å². The van der Waals surface area contributed by atoms with E-state index in [1.165, 1.54) is 12.5 Å². The first-order valence-electron chi connectivity index (χ1n) is 8.98. The summed E-state index contributed by atoms with van der Waals surface area (Å²) in [5, 5.41) is 14.1. The number of carbonyl (C=O) groups is 1. The Kier molecular flexibility index (Phi) is 9.00. The third kappa shape index (κ3) is 7.45. The van der Waals surface area contributed by atoms with Crippen molar-refractivity contribution in [2.24, 2.45) is 4.99 Å². The largest absolute Gasteiger partial charge is 0.437 e. The van der Waals surface area contributed by atoms with Crippen LogP contribution in [0.25, 0.3) is 0 Å². The third-order valence-electron chi connectivity index (χ3n) is 3.38. The van der Waals surface area contributed by atoms with E-state index in [1.54, 1.807) is 25.7 Å². The van der Waals surface area contributed by atoms with Gasteiger partial charge in [0.1, 0.15) is 0 Å². The number of hydrogen-bond acceptors (Lipinski definition) is 6. The van der Waals surface area contributed by atoms with Gasteiger partial charge in [0.15, 0.2) is 6.40 Å². The number of aliphatic imine (C=N–C) groups is 1. The number of amides is 1. The monoisotopic (exact) mass is 384 g/mol. The standard InChI is InChI=1S/C17H26N3O5P/c1-5-7-17(21)19-11-14-8-9-16(20(22)23)15(10-14)13(3)25-26(4)24-12-18-6-2/h8-10,12-13H,5-7,11H2,1-4H3,(H,19,21)/b18-12+/i1D. The van der Waals surface area contributed by atoms with Gasteiger partial charge in [-0.3, -0.25) is 19.9 Å². The molecule has 0 fully saturated rings. The van der Waals surface area contributed by atoms with Crippen molar-refractivity contribution in [3.63, 3.8) is 0 Å². The third-order valence-corrected chi connectivity index (χ3v) is 4.38. The summed E-state index contributed by atoms with van der Waals surface area (Å²) in [4.78, 5) is 26.5. The molecule has 0 bridgehead atoms. The SMILES string of the molecule is [2H]CCCC(=O)NCc1ccc([N+](=O)[O-])c(C(C)OP(C)O/C=N/CC)c1. The lowest BCUT2D eigenvalue weighted by molar-refractivity contribution is -0.386. The van der Waals surface area contributed by atoms with E-state index in [2.05, 4.69) is 10.3 Å². The molecule has 2 unspecified atom stereocenters. The predicted molar refractivity (Wildman–Crippen MR) is 102 cm³/mol. The highest BCUT2D eigenvalue weighted by Crippen LogP contribution is 2.41. The summed E-state index contributed by atoms with van der Waals surface area (Å²) in [6.45, 7) is 6.40. The zero-order chi connectivity index (χ0) is 20.2. The molecule has 0 aliphatic rings. The lowest BCUT2D eigenvalue weighted by Crippen LogP contribution is -2.22. The van der Waals surface area contributed by atoms with Crippen LogP contribution < -0.4 is 5.32 Å². The Morgan fingerprint density at radius 2 is 2.35 bits per heavy atom. The molecule has 26 heavy (non-hydrogen) atoms. The first kappa shape index (κ1) is 20.3. The first-order chi connectivity index (χ1) is 12.9. The molecule has 0 saturated heterocycles. The smallest absolute Gasteiger partial charge is 0.275 e. The number of nitro benzene ring substituents is 1. The van der Waals surface area contributed by atoms with Crippen LogP contribution in [0.15, 0.2) is 23.2 Å². The van der Waals surface area contributed by atoms with Gasteiger partial charge in [0, 0.05) is 33.6 Å². The molecule has 0 spiro atoms. The van der Waals surface area contributed by atoms with Gasteiger partial charge in [-0.05, 0) is 31.9 Å². The number of nitrogens with zero attached hydrogens (tertiary/aromatic N) is 2. The summed E-state index contributed by atoms with van der Waals surface area (Å²) in [7, 11) is -1.28. The maximum absolute atomic E-state index is 11.7. The number of nitro groups is 1. The van der Waals surface area contributed by atoms with E-state index in [1.807, 2.05) is 6.92 Å². The van der Waals surface area contributed by atoms with Crippen molar-refractivity contribution in [2.45, 2.75) is 46.2 Å². The van der Waals surface area contributed by atoms with E-state index in [9.17, 15) is 14.9 Å². The van der Waals surface area contributed by atoms with Gasteiger partial charge in [0.25, 0.3) is 5.69 Å². The lowest BCUT2D eigenvalue weighted by atomic mass is 10.0. The van der Waals surface area contributed by atoms with E-state index in [-0.39, 0.29) is 25.0 Å². The maximum atomic E-state index is 11.7. The lowest BCUT2D eigenvalue weighted by Gasteiger charge is -2.18. The fraction of sp³-hybridized carbons (Fsp3) is 0.529. The van der Waals surface area contributed by atoms with Gasteiger partial charge >= 0.3 is 0 Å². The average molecular weight is 384 g/mol. The molecule has 2 atom stereocenters. The van der Waals surface area contributed by atoms with Crippen LogP contribution in [0.5, 0.6) is 0 Å². The minimum Gasteiger partial charge on any atom is -0.437 e. The van der Waals surface area contributed by atoms with E-state index < -0.39 is 19.4 Å². The Hall–Kier alpha value is -2.05. The zero-order valence-electron chi connectivity index (χ0n) is 16.3. The molecule has 9 heteroatoms. The minimum absolute atomic E-state index is 0.0441. The van der Waals surface area contributed by atoms with E-state index in [4.69, 9.17) is 10.4 Å². The second-order valence-electron chi connectivity index (χ2n) is 5.43. The van der Waals surface area contributed by atoms with Crippen molar-refractivity contribution < 1.29 is 20.1 Å². The molecule has 1 amide bonds. The molecule has 0 radical (unpaired) electrons. The van der Waals surface area contributed by atoms with Crippen LogP contribution in [0, 0.1) is 10.1 Å². The molecule has 0 heterocycles. The predicted octanol–water partition coefficient (Wildman–Crippen LogP) is 4.10. The molecule has 0 saturated carbocycles. The quantitative estimate of drug-likeness (QED) is 0.203. The van der Waals surface area contributed by atoms with Gasteiger partial charge in [-0.2, -0.15) is 0 Å². The van der Waals surface area contributed by atoms with Crippen molar-refractivity contribution in [1.29, 1.82) is 0 Å². The van der Waals surface area contributed by atoms with Gasteiger partial charge in [0.2, 0.25) is 14.3 Å². The molecular weight excluding hydrogens is 357 g/mol. The highest BCUT2D eigenvalue weighted by Gasteiger charge is 2.22. The normalized spacial score (nSPS) is 13.9. The average Bonchev–Trinajstić information content (AvgIpc) is 2.64. The topological polar surface area (TPSA) is 103 Å². The fourth-order valence-corrected chi connectivity index (χ4v) is 2.94. The van der Waals surface area contributed by atoms with Crippen LogP contribution in [-0.2, 0) is 20.4 Å². The number of carbonyl (C=O) groups excluding carboxylic acids is 1. The van der Waals surface area contributed by atoms with Crippen LogP contribution in [0.3, 0.4) is 0 Å². The number of benzene rings is 1. The summed E-state index contributed by atoms with van der Waals surface area (Å²) in [5.41, 5.74) is 1.11. The van der Waals surface area contributed by atoms with Crippen molar-refractivity contribution in [1.82, 2.24) is 5.32 Å². The van der Waals surface area contributed by atoms with Crippen molar-refractivity contribution in [2.75, 3.05) is 13.2 Å². The molecule has 8 nitrogen and oxygen atoms in total. The summed E-state index contributed by atoms with van der Waals surface area (Å²) >= 11 is 0. The summed E-state index contributed by atoms with van der Waals surface area (Å²) in [5.74, 6) is -0.146. The molecule has 144 valence electrons. The molecule has 0 aliphatic carbocycles. The molecule has 1 aromatic rings. The first-order valence-corrected chi connectivity index (χ1v) is 9.90. The van der Waals surface area contributed by atoms with Gasteiger partial charge in [-0.15, -0.1) is 0 Å². The molecular formula is C17H26N3O5P. The molecule has 1 aromatic carbocycles. The van der Waals surface area contributed by atoms with Gasteiger partial charge < -0.3 is 14.4 Å². The highest BCUT2D eigenvalue weighted by molar-refractivity contribution is 7.46. The molecule has 1 N–H and O–H groups in total. The second-order valence-corrected chi connectivity index (χ2v) is 6.73. The zero-order valence-corrected chi connectivity index (χ0v) is 16.2. The van der Waals surface area contributed by atoms with E-state index in [0.717, 1.165) is 5.56 Å². The van der Waals surface area contributed by atoms with Crippen molar-refractivity contribution in [3.05, 3.63) is 39.4 Å². The Labute approximate surface area is 156 Å². The minimum atomic E-state index is -1.28. The van der Waals surface area contributed by atoms with Crippen molar-refractivity contribution in [3.8, 4) is 0 Å². The van der Waals surface area contributed by atoms with Crippen LogP contribution in [-0.4, -0.2) is 30.4 Å². The maximum Gasteiger partial charge on any atom is 0.275 e. The fourth-order valence-electron chi connectivity index (χ4n) is 2.13. The Morgan fingerprint density at radius 3 is 3.00 bits per heavy atom. The summed E-state index contributed by atoms with van der Waals surface area (Å²) in [6, 6.07) is 4.69.